The standard InChI is InChI=1S/C41H40N2O7S/c1-5-46-34-22-30(18-20-32(34)49-25-28-14-10-8-11-15-28)23-36-39(44)43-27(4)37(40(45)48-7-3)38(42-41(43)51-36)31-19-21-33(35(24-31)47-6-2)50-26-29-16-12-9-13-17-29/h8-24,38H,5-7,25-26H2,1-4H3/b36-23-/t38-/m1/s1. The lowest BCUT2D eigenvalue weighted by molar-refractivity contribution is -0.138. The lowest BCUT2D eigenvalue weighted by atomic mass is 9.96. The summed E-state index contributed by atoms with van der Waals surface area (Å²) in [6.07, 6.45) is 1.80. The zero-order valence-electron chi connectivity index (χ0n) is 29.1. The van der Waals surface area contributed by atoms with Gasteiger partial charge in [-0.05, 0) is 80.3 Å². The van der Waals surface area contributed by atoms with Gasteiger partial charge in [-0.2, -0.15) is 0 Å². The van der Waals surface area contributed by atoms with Gasteiger partial charge in [0, 0.05) is 5.70 Å². The van der Waals surface area contributed by atoms with Gasteiger partial charge in [-0.3, -0.25) is 9.36 Å². The molecule has 0 fully saturated rings. The van der Waals surface area contributed by atoms with Gasteiger partial charge in [0.25, 0.3) is 5.56 Å². The zero-order chi connectivity index (χ0) is 35.7. The quantitative estimate of drug-likeness (QED) is 0.117. The molecule has 1 atom stereocenters. The fraction of sp³-hybridized carbons (Fsp3) is 0.244. The van der Waals surface area contributed by atoms with E-state index < -0.39 is 12.0 Å². The molecule has 0 saturated carbocycles. The van der Waals surface area contributed by atoms with E-state index >= 15 is 0 Å². The second-order valence-electron chi connectivity index (χ2n) is 11.6. The third kappa shape index (κ3) is 8.07. The summed E-state index contributed by atoms with van der Waals surface area (Å²) in [6.45, 7) is 9.13. The highest BCUT2D eigenvalue weighted by atomic mass is 32.1. The van der Waals surface area contributed by atoms with Gasteiger partial charge in [-0.1, -0.05) is 84.1 Å². The van der Waals surface area contributed by atoms with E-state index in [0.717, 1.165) is 16.7 Å². The van der Waals surface area contributed by atoms with Crippen molar-refractivity contribution in [2.75, 3.05) is 19.8 Å². The number of hydrogen-bond acceptors (Lipinski definition) is 9. The molecule has 0 aliphatic carbocycles. The van der Waals surface area contributed by atoms with Crippen LogP contribution in [-0.2, 0) is 22.7 Å². The number of thiazole rings is 1. The number of esters is 1. The van der Waals surface area contributed by atoms with E-state index in [9.17, 15) is 9.59 Å². The first-order valence-electron chi connectivity index (χ1n) is 17.0. The number of nitrogens with zero attached hydrogens (tertiary/aromatic N) is 2. The molecule has 0 spiro atoms. The minimum Gasteiger partial charge on any atom is -0.490 e. The number of allylic oxidation sites excluding steroid dienone is 1. The first-order chi connectivity index (χ1) is 24.9. The molecule has 0 radical (unpaired) electrons. The second kappa shape index (κ2) is 16.4. The first kappa shape index (κ1) is 35.2. The van der Waals surface area contributed by atoms with Crippen LogP contribution < -0.4 is 33.8 Å². The smallest absolute Gasteiger partial charge is 0.338 e. The average molecular weight is 705 g/mol. The highest BCUT2D eigenvalue weighted by Gasteiger charge is 2.32. The molecule has 0 saturated heterocycles. The lowest BCUT2D eigenvalue weighted by Crippen LogP contribution is -2.35. The Morgan fingerprint density at radius 2 is 1.33 bits per heavy atom. The summed E-state index contributed by atoms with van der Waals surface area (Å²) in [5.41, 5.74) is 4.01. The van der Waals surface area contributed by atoms with E-state index in [1.165, 1.54) is 15.9 Å². The Morgan fingerprint density at radius 3 is 1.92 bits per heavy atom. The van der Waals surface area contributed by atoms with Crippen LogP contribution in [0.3, 0.4) is 0 Å². The van der Waals surface area contributed by atoms with Gasteiger partial charge in [0.15, 0.2) is 27.8 Å². The van der Waals surface area contributed by atoms with Crippen molar-refractivity contribution in [3.8, 4) is 23.0 Å². The monoisotopic (exact) mass is 704 g/mol. The van der Waals surface area contributed by atoms with Gasteiger partial charge in [0.2, 0.25) is 0 Å². The molecule has 4 aromatic carbocycles. The van der Waals surface area contributed by atoms with Crippen molar-refractivity contribution in [3.05, 3.63) is 145 Å². The van der Waals surface area contributed by atoms with Crippen molar-refractivity contribution in [2.45, 2.75) is 47.0 Å². The van der Waals surface area contributed by atoms with E-state index in [0.29, 0.717) is 70.0 Å². The minimum atomic E-state index is -0.733. The maximum Gasteiger partial charge on any atom is 0.338 e. The fourth-order valence-corrected chi connectivity index (χ4v) is 6.80. The topological polar surface area (TPSA) is 97.6 Å². The Balaban J connectivity index is 1.37. The van der Waals surface area contributed by atoms with Crippen LogP contribution in [0, 0.1) is 0 Å². The number of carbonyl (C=O) groups is 1. The third-order valence-corrected chi connectivity index (χ3v) is 9.15. The van der Waals surface area contributed by atoms with Crippen LogP contribution in [0.1, 0.15) is 56.0 Å². The van der Waals surface area contributed by atoms with E-state index in [1.54, 1.807) is 19.9 Å². The summed E-state index contributed by atoms with van der Waals surface area (Å²) < 4.78 is 31.5. The summed E-state index contributed by atoms with van der Waals surface area (Å²) in [4.78, 5) is 32.8. The van der Waals surface area contributed by atoms with E-state index in [-0.39, 0.29) is 17.7 Å². The van der Waals surface area contributed by atoms with Crippen molar-refractivity contribution in [1.29, 1.82) is 0 Å². The van der Waals surface area contributed by atoms with Gasteiger partial charge in [-0.15, -0.1) is 0 Å². The van der Waals surface area contributed by atoms with Crippen molar-refractivity contribution < 1.29 is 28.5 Å². The Labute approximate surface area is 300 Å². The predicted octanol–water partition coefficient (Wildman–Crippen LogP) is 6.86. The lowest BCUT2D eigenvalue weighted by Gasteiger charge is -2.23. The highest BCUT2D eigenvalue weighted by Crippen LogP contribution is 2.38. The molecule has 5 aromatic rings. The SMILES string of the molecule is CCOC(=O)C1=C(C)n2c(s/c(=C\c3ccc(OCc4ccccc4)c(OCC)c3)c2=O)=N[C@@H]1c1ccc(OCc2ccccc2)c(OCC)c1. The summed E-state index contributed by atoms with van der Waals surface area (Å²) in [7, 11) is 0. The number of rotatable bonds is 14. The largest absolute Gasteiger partial charge is 0.490 e. The first-order valence-corrected chi connectivity index (χ1v) is 17.8. The van der Waals surface area contributed by atoms with Crippen molar-refractivity contribution in [3.63, 3.8) is 0 Å². The number of hydrogen-bond donors (Lipinski definition) is 0. The molecule has 51 heavy (non-hydrogen) atoms. The van der Waals surface area contributed by atoms with Gasteiger partial charge in [0.1, 0.15) is 19.3 Å². The molecular weight excluding hydrogens is 665 g/mol. The van der Waals surface area contributed by atoms with E-state index in [4.69, 9.17) is 28.7 Å². The summed E-state index contributed by atoms with van der Waals surface area (Å²) in [5.74, 6) is 1.76. The number of fused-ring (bicyclic) bond motifs is 1. The van der Waals surface area contributed by atoms with E-state index in [2.05, 4.69) is 0 Å². The summed E-state index contributed by atoms with van der Waals surface area (Å²) >= 11 is 1.25. The molecule has 0 unspecified atom stereocenters. The predicted molar refractivity (Wildman–Crippen MR) is 198 cm³/mol. The molecule has 1 aliphatic heterocycles. The average Bonchev–Trinajstić information content (AvgIpc) is 3.46. The zero-order valence-corrected chi connectivity index (χ0v) is 29.9. The Hall–Kier alpha value is -5.61. The van der Waals surface area contributed by atoms with Crippen LogP contribution in [-0.4, -0.2) is 30.4 Å². The van der Waals surface area contributed by atoms with Crippen molar-refractivity contribution >= 4 is 29.1 Å². The Bertz CT molecular complexity index is 2210. The van der Waals surface area contributed by atoms with Gasteiger partial charge < -0.3 is 23.7 Å². The van der Waals surface area contributed by atoms with Gasteiger partial charge in [-0.25, -0.2) is 9.79 Å². The van der Waals surface area contributed by atoms with Crippen LogP contribution in [0.2, 0.25) is 0 Å². The number of carbonyl (C=O) groups excluding carboxylic acids is 1. The molecule has 262 valence electrons. The number of aromatic nitrogens is 1. The Morgan fingerprint density at radius 1 is 0.745 bits per heavy atom. The van der Waals surface area contributed by atoms with Crippen LogP contribution in [0.5, 0.6) is 23.0 Å². The molecule has 6 rings (SSSR count). The molecule has 1 aliphatic rings. The van der Waals surface area contributed by atoms with Crippen LogP contribution in [0.4, 0.5) is 0 Å². The summed E-state index contributed by atoms with van der Waals surface area (Å²) in [6, 6.07) is 30.2. The molecule has 0 N–H and O–H groups in total. The van der Waals surface area contributed by atoms with Gasteiger partial charge in [0.05, 0.1) is 29.9 Å². The number of benzene rings is 4. The number of ether oxygens (including phenoxy) is 5. The molecule has 0 bridgehead atoms. The molecule has 1 aromatic heterocycles. The van der Waals surface area contributed by atoms with Crippen molar-refractivity contribution in [1.82, 2.24) is 4.57 Å². The second-order valence-corrected chi connectivity index (χ2v) is 12.6. The molecule has 9 nitrogen and oxygen atoms in total. The highest BCUT2D eigenvalue weighted by molar-refractivity contribution is 7.07. The van der Waals surface area contributed by atoms with Crippen LogP contribution >= 0.6 is 11.3 Å². The maximum atomic E-state index is 13.9. The molecule has 2 heterocycles. The van der Waals surface area contributed by atoms with Gasteiger partial charge >= 0.3 is 5.97 Å². The Kier molecular flexibility index (Phi) is 11.3. The maximum absolute atomic E-state index is 13.9. The molecule has 0 amide bonds. The molecular formula is C41H40N2O7S. The van der Waals surface area contributed by atoms with Crippen molar-refractivity contribution in [2.24, 2.45) is 4.99 Å². The normalized spacial score (nSPS) is 14.0. The molecule has 10 heteroatoms. The van der Waals surface area contributed by atoms with Crippen LogP contribution in [0.25, 0.3) is 11.8 Å². The minimum absolute atomic E-state index is 0.177. The third-order valence-electron chi connectivity index (χ3n) is 8.16. The van der Waals surface area contributed by atoms with Crippen LogP contribution in [0.15, 0.2) is 112 Å². The summed E-state index contributed by atoms with van der Waals surface area (Å²) in [5, 5.41) is 0. The van der Waals surface area contributed by atoms with E-state index in [1.807, 2.05) is 111 Å². The fourth-order valence-electron chi connectivity index (χ4n) is 5.76.